The van der Waals surface area contributed by atoms with Gasteiger partial charge >= 0.3 is 0 Å². The number of furan rings is 1. The van der Waals surface area contributed by atoms with E-state index in [0.717, 1.165) is 5.56 Å². The van der Waals surface area contributed by atoms with Crippen molar-refractivity contribution in [3.05, 3.63) is 29.0 Å². The summed E-state index contributed by atoms with van der Waals surface area (Å²) in [5.74, 6) is 0.115. The van der Waals surface area contributed by atoms with Gasteiger partial charge in [-0.3, -0.25) is 4.79 Å². The minimum absolute atomic E-state index is 0.132. The van der Waals surface area contributed by atoms with E-state index in [0.29, 0.717) is 16.6 Å². The van der Waals surface area contributed by atoms with Crippen LogP contribution in [0.5, 0.6) is 0 Å². The number of nitrogens with zero attached hydrogens (tertiary/aromatic N) is 2. The maximum Gasteiger partial charge on any atom is 0.267 e. The molecule has 0 fully saturated rings. The maximum atomic E-state index is 12.4. The minimum Gasteiger partial charge on any atom is -0.472 e. The summed E-state index contributed by atoms with van der Waals surface area (Å²) in [5, 5.41) is 3.88. The summed E-state index contributed by atoms with van der Waals surface area (Å²) in [6.45, 7) is 6.54. The molecule has 114 valence electrons. The van der Waals surface area contributed by atoms with Crippen molar-refractivity contribution in [2.45, 2.75) is 32.9 Å². The number of amides is 1. The Morgan fingerprint density at radius 2 is 2.24 bits per heavy atom. The molecule has 0 saturated carbocycles. The van der Waals surface area contributed by atoms with Crippen molar-refractivity contribution >= 4 is 28.2 Å². The predicted molar refractivity (Wildman–Crippen MR) is 84.4 cm³/mol. The summed E-state index contributed by atoms with van der Waals surface area (Å²) in [6, 6.07) is 1.83. The topological polar surface area (TPSA) is 84.4 Å². The summed E-state index contributed by atoms with van der Waals surface area (Å²) in [4.78, 5) is 18.7. The van der Waals surface area contributed by atoms with Crippen LogP contribution in [0.25, 0.3) is 0 Å². The first kappa shape index (κ1) is 15.4. The second kappa shape index (κ2) is 5.77. The van der Waals surface area contributed by atoms with Crippen LogP contribution in [0.3, 0.4) is 0 Å². The van der Waals surface area contributed by atoms with E-state index in [1.807, 2.05) is 26.8 Å². The van der Waals surface area contributed by atoms with Gasteiger partial charge < -0.3 is 20.4 Å². The van der Waals surface area contributed by atoms with Crippen molar-refractivity contribution in [2.75, 3.05) is 18.1 Å². The molecule has 0 saturated heterocycles. The standard InChI is InChI=1S/C14H20N4O2S/c1-14(2,3)17-13-16-11(15)10(21-13)12(19)18(4)7-9-5-6-20-8-9/h5-6,8H,7,15H2,1-4H3,(H,16,17). The fraction of sp³-hybridized carbons (Fsp3) is 0.429. The highest BCUT2D eigenvalue weighted by atomic mass is 32.1. The molecule has 0 aliphatic rings. The van der Waals surface area contributed by atoms with E-state index in [2.05, 4.69) is 10.3 Å². The number of nitrogens with one attached hydrogen (secondary N) is 1. The molecule has 2 aromatic rings. The monoisotopic (exact) mass is 308 g/mol. The Kier molecular flexibility index (Phi) is 4.22. The number of hydrogen-bond donors (Lipinski definition) is 2. The van der Waals surface area contributed by atoms with Crippen molar-refractivity contribution in [3.8, 4) is 0 Å². The second-order valence-electron chi connectivity index (χ2n) is 5.90. The highest BCUT2D eigenvalue weighted by Gasteiger charge is 2.22. The van der Waals surface area contributed by atoms with Crippen molar-refractivity contribution in [2.24, 2.45) is 0 Å². The van der Waals surface area contributed by atoms with Gasteiger partial charge in [-0.2, -0.15) is 0 Å². The predicted octanol–water partition coefficient (Wildman–Crippen LogP) is 2.80. The van der Waals surface area contributed by atoms with Gasteiger partial charge in [0.05, 0.1) is 12.5 Å². The number of hydrogen-bond acceptors (Lipinski definition) is 6. The number of rotatable bonds is 4. The maximum absolute atomic E-state index is 12.4. The SMILES string of the molecule is CN(Cc1ccoc1)C(=O)c1sc(NC(C)(C)C)nc1N. The van der Waals surface area contributed by atoms with E-state index in [-0.39, 0.29) is 17.3 Å². The Hall–Kier alpha value is -2.02. The Morgan fingerprint density at radius 1 is 1.52 bits per heavy atom. The van der Waals surface area contributed by atoms with Crippen LogP contribution in [0.15, 0.2) is 23.0 Å². The molecular weight excluding hydrogens is 288 g/mol. The fourth-order valence-electron chi connectivity index (χ4n) is 1.76. The molecule has 0 unspecified atom stereocenters. The molecule has 1 amide bonds. The van der Waals surface area contributed by atoms with Crippen LogP contribution >= 0.6 is 11.3 Å². The molecule has 0 bridgehead atoms. The van der Waals surface area contributed by atoms with Crippen LogP contribution in [-0.2, 0) is 6.54 Å². The van der Waals surface area contributed by atoms with E-state index < -0.39 is 0 Å². The molecule has 21 heavy (non-hydrogen) atoms. The molecule has 2 heterocycles. The molecule has 0 spiro atoms. The lowest BCUT2D eigenvalue weighted by atomic mass is 10.1. The third-order valence-corrected chi connectivity index (χ3v) is 3.65. The van der Waals surface area contributed by atoms with Gasteiger partial charge in [0, 0.05) is 24.7 Å². The van der Waals surface area contributed by atoms with Gasteiger partial charge in [0.1, 0.15) is 10.7 Å². The fourth-order valence-corrected chi connectivity index (χ4v) is 2.85. The second-order valence-corrected chi connectivity index (χ2v) is 6.90. The first-order valence-corrected chi connectivity index (χ1v) is 7.39. The van der Waals surface area contributed by atoms with Gasteiger partial charge in [0.15, 0.2) is 5.13 Å². The van der Waals surface area contributed by atoms with E-state index in [9.17, 15) is 4.79 Å². The molecule has 0 aliphatic heterocycles. The molecular formula is C14H20N4O2S. The average Bonchev–Trinajstić information content (AvgIpc) is 2.96. The molecule has 2 rings (SSSR count). The van der Waals surface area contributed by atoms with Crippen LogP contribution < -0.4 is 11.1 Å². The molecule has 6 nitrogen and oxygen atoms in total. The summed E-state index contributed by atoms with van der Waals surface area (Å²) in [7, 11) is 1.73. The highest BCUT2D eigenvalue weighted by Crippen LogP contribution is 2.28. The Balaban J connectivity index is 2.11. The zero-order valence-electron chi connectivity index (χ0n) is 12.6. The molecule has 0 atom stereocenters. The van der Waals surface area contributed by atoms with Crippen LogP contribution in [-0.4, -0.2) is 28.4 Å². The third-order valence-electron chi connectivity index (χ3n) is 2.68. The van der Waals surface area contributed by atoms with Gasteiger partial charge in [-0.1, -0.05) is 11.3 Å². The van der Waals surface area contributed by atoms with Gasteiger partial charge in [-0.15, -0.1) is 0 Å². The Labute approximate surface area is 128 Å². The van der Waals surface area contributed by atoms with E-state index in [4.69, 9.17) is 10.2 Å². The van der Waals surface area contributed by atoms with E-state index in [1.54, 1.807) is 24.5 Å². The molecule has 0 aromatic carbocycles. The molecule has 0 aliphatic carbocycles. The zero-order chi connectivity index (χ0) is 15.6. The quantitative estimate of drug-likeness (QED) is 0.907. The van der Waals surface area contributed by atoms with Crippen LogP contribution in [0.1, 0.15) is 36.0 Å². The summed E-state index contributed by atoms with van der Waals surface area (Å²) >= 11 is 1.27. The number of thiazole rings is 1. The Morgan fingerprint density at radius 3 is 2.81 bits per heavy atom. The number of nitrogen functional groups attached to an aromatic ring is 1. The minimum atomic E-state index is -0.145. The average molecular weight is 308 g/mol. The molecule has 0 radical (unpaired) electrons. The molecule has 7 heteroatoms. The van der Waals surface area contributed by atoms with Crippen LogP contribution in [0.4, 0.5) is 10.9 Å². The summed E-state index contributed by atoms with van der Waals surface area (Å²) < 4.78 is 5.00. The van der Waals surface area contributed by atoms with Crippen molar-refractivity contribution in [1.82, 2.24) is 9.88 Å². The van der Waals surface area contributed by atoms with Gasteiger partial charge in [0.2, 0.25) is 0 Å². The van der Waals surface area contributed by atoms with E-state index >= 15 is 0 Å². The lowest BCUT2D eigenvalue weighted by Crippen LogP contribution is -2.26. The first-order valence-electron chi connectivity index (χ1n) is 6.57. The Bertz CT molecular complexity index is 613. The largest absolute Gasteiger partial charge is 0.472 e. The number of anilines is 2. The molecule has 3 N–H and O–H groups in total. The normalized spacial score (nSPS) is 11.4. The number of aromatic nitrogens is 1. The zero-order valence-corrected chi connectivity index (χ0v) is 13.5. The lowest BCUT2D eigenvalue weighted by Gasteiger charge is -2.19. The lowest BCUT2D eigenvalue weighted by molar-refractivity contribution is 0.0790. The van der Waals surface area contributed by atoms with Crippen molar-refractivity contribution in [3.63, 3.8) is 0 Å². The van der Waals surface area contributed by atoms with E-state index in [1.165, 1.54) is 11.3 Å². The number of nitrogens with two attached hydrogens (primary N) is 1. The van der Waals surface area contributed by atoms with Crippen molar-refractivity contribution < 1.29 is 9.21 Å². The third kappa shape index (κ3) is 3.98. The smallest absolute Gasteiger partial charge is 0.267 e. The van der Waals surface area contributed by atoms with Crippen LogP contribution in [0, 0.1) is 0 Å². The van der Waals surface area contributed by atoms with Gasteiger partial charge in [-0.25, -0.2) is 4.98 Å². The summed E-state index contributed by atoms with van der Waals surface area (Å²) in [5.41, 5.74) is 6.67. The van der Waals surface area contributed by atoms with Gasteiger partial charge in [0.25, 0.3) is 5.91 Å². The highest BCUT2D eigenvalue weighted by molar-refractivity contribution is 7.18. The number of carbonyl (C=O) groups excluding carboxylic acids is 1. The van der Waals surface area contributed by atoms with Gasteiger partial charge in [-0.05, 0) is 26.8 Å². The number of carbonyl (C=O) groups is 1. The van der Waals surface area contributed by atoms with Crippen molar-refractivity contribution in [1.29, 1.82) is 0 Å². The summed E-state index contributed by atoms with van der Waals surface area (Å²) in [6.07, 6.45) is 3.20. The first-order chi connectivity index (χ1) is 9.76. The molecule has 2 aromatic heterocycles. The van der Waals surface area contributed by atoms with Crippen LogP contribution in [0.2, 0.25) is 0 Å².